The van der Waals surface area contributed by atoms with E-state index < -0.39 is 0 Å². The van der Waals surface area contributed by atoms with Crippen LogP contribution in [0.5, 0.6) is 0 Å². The molecule has 0 saturated heterocycles. The molecule has 1 rings (SSSR count). The van der Waals surface area contributed by atoms with Crippen molar-refractivity contribution < 1.29 is 4.79 Å². The minimum atomic E-state index is 0.330. The fourth-order valence-electron chi connectivity index (χ4n) is 1.29. The third-order valence-electron chi connectivity index (χ3n) is 2.16. The molecular weight excluding hydrogens is 208 g/mol. The fraction of sp³-hybridized carbons (Fsp3) is 0.636. The molecule has 0 radical (unpaired) electrons. The fourth-order valence-corrected chi connectivity index (χ4v) is 2.10. The van der Waals surface area contributed by atoms with Crippen LogP contribution in [0.4, 0.5) is 0 Å². The van der Waals surface area contributed by atoms with Crippen LogP contribution < -0.4 is 0 Å². The van der Waals surface area contributed by atoms with Crippen molar-refractivity contribution >= 4 is 17.5 Å². The molecule has 0 fully saturated rings. The summed E-state index contributed by atoms with van der Waals surface area (Å²) in [5.41, 5.74) is 0. The van der Waals surface area contributed by atoms with Gasteiger partial charge in [-0.25, -0.2) is 4.98 Å². The van der Waals surface area contributed by atoms with E-state index in [0.29, 0.717) is 18.0 Å². The van der Waals surface area contributed by atoms with Crippen molar-refractivity contribution in [3.63, 3.8) is 0 Å². The van der Waals surface area contributed by atoms with Crippen LogP contribution in [0.2, 0.25) is 0 Å². The number of hydrogen-bond acceptors (Lipinski definition) is 3. The van der Waals surface area contributed by atoms with Crippen LogP contribution >= 0.6 is 11.8 Å². The van der Waals surface area contributed by atoms with E-state index in [1.807, 2.05) is 17.8 Å². The molecule has 1 aromatic rings. The summed E-state index contributed by atoms with van der Waals surface area (Å²) < 4.78 is 1.96. The summed E-state index contributed by atoms with van der Waals surface area (Å²) in [7, 11) is 1.96. The summed E-state index contributed by atoms with van der Waals surface area (Å²) in [5, 5.41) is 0. The highest BCUT2D eigenvalue weighted by Crippen LogP contribution is 2.06. The highest BCUT2D eigenvalue weighted by atomic mass is 32.2. The molecule has 3 nitrogen and oxygen atoms in total. The molecule has 0 unspecified atom stereocenters. The first kappa shape index (κ1) is 12.3. The second-order valence-corrected chi connectivity index (χ2v) is 4.65. The number of carbonyl (C=O) groups is 1. The summed E-state index contributed by atoms with van der Waals surface area (Å²) in [4.78, 5) is 15.7. The standard InChI is InChI=1S/C11H18N2OS/c1-3-8-15-9-10(14)4-5-11-12-6-7-13(11)2/h6-7H,3-5,8-9H2,1-2H3. The van der Waals surface area contributed by atoms with Gasteiger partial charge in [-0.15, -0.1) is 0 Å². The molecule has 0 aliphatic rings. The SMILES string of the molecule is CCCSCC(=O)CCc1nccn1C. The smallest absolute Gasteiger partial charge is 0.143 e. The predicted octanol–water partition coefficient (Wildman–Crippen LogP) is 2.06. The van der Waals surface area contributed by atoms with Crippen LogP contribution in [-0.4, -0.2) is 26.8 Å². The molecule has 1 heterocycles. The van der Waals surface area contributed by atoms with E-state index in [1.165, 1.54) is 0 Å². The molecule has 0 N–H and O–H groups in total. The van der Waals surface area contributed by atoms with E-state index in [1.54, 1.807) is 18.0 Å². The zero-order chi connectivity index (χ0) is 11.1. The van der Waals surface area contributed by atoms with Crippen LogP contribution in [0, 0.1) is 0 Å². The van der Waals surface area contributed by atoms with Crippen molar-refractivity contribution in [3.8, 4) is 0 Å². The van der Waals surface area contributed by atoms with Crippen molar-refractivity contribution in [1.29, 1.82) is 0 Å². The Balaban J connectivity index is 2.20. The van der Waals surface area contributed by atoms with Crippen LogP contribution in [0.1, 0.15) is 25.6 Å². The monoisotopic (exact) mass is 226 g/mol. The molecule has 4 heteroatoms. The van der Waals surface area contributed by atoms with Gasteiger partial charge in [0.2, 0.25) is 0 Å². The number of Topliss-reactive ketones (excluding diaryl/α,β-unsaturated/α-hetero) is 1. The summed E-state index contributed by atoms with van der Waals surface area (Å²) >= 11 is 1.73. The predicted molar refractivity (Wildman–Crippen MR) is 64.2 cm³/mol. The number of aromatic nitrogens is 2. The lowest BCUT2D eigenvalue weighted by Crippen LogP contribution is -2.06. The topological polar surface area (TPSA) is 34.9 Å². The van der Waals surface area contributed by atoms with Crippen molar-refractivity contribution in [2.24, 2.45) is 7.05 Å². The maximum atomic E-state index is 11.5. The van der Waals surface area contributed by atoms with Gasteiger partial charge in [0.1, 0.15) is 11.6 Å². The Morgan fingerprint density at radius 3 is 3.00 bits per heavy atom. The van der Waals surface area contributed by atoms with E-state index in [-0.39, 0.29) is 0 Å². The third kappa shape index (κ3) is 4.51. The number of ketones is 1. The molecule has 0 amide bonds. The molecule has 1 aromatic heterocycles. The second kappa shape index (κ2) is 6.67. The van der Waals surface area contributed by atoms with E-state index in [2.05, 4.69) is 11.9 Å². The van der Waals surface area contributed by atoms with Gasteiger partial charge < -0.3 is 4.57 Å². The lowest BCUT2D eigenvalue weighted by molar-refractivity contribution is -0.116. The van der Waals surface area contributed by atoms with Crippen LogP contribution in [0.15, 0.2) is 12.4 Å². The normalized spacial score (nSPS) is 10.5. The van der Waals surface area contributed by atoms with E-state index in [0.717, 1.165) is 24.4 Å². The number of nitrogens with zero attached hydrogens (tertiary/aromatic N) is 2. The number of thioether (sulfide) groups is 1. The Hall–Kier alpha value is -0.770. The van der Waals surface area contributed by atoms with E-state index in [4.69, 9.17) is 0 Å². The molecule has 0 aliphatic heterocycles. The van der Waals surface area contributed by atoms with Crippen molar-refractivity contribution in [3.05, 3.63) is 18.2 Å². The highest BCUT2D eigenvalue weighted by Gasteiger charge is 2.05. The lowest BCUT2D eigenvalue weighted by atomic mass is 10.2. The molecule has 0 aliphatic carbocycles. The Morgan fingerprint density at radius 2 is 2.40 bits per heavy atom. The maximum Gasteiger partial charge on any atom is 0.143 e. The number of carbonyl (C=O) groups excluding carboxylic acids is 1. The van der Waals surface area contributed by atoms with Crippen molar-refractivity contribution in [1.82, 2.24) is 9.55 Å². The van der Waals surface area contributed by atoms with Crippen molar-refractivity contribution in [2.45, 2.75) is 26.2 Å². The largest absolute Gasteiger partial charge is 0.338 e. The molecule has 0 aromatic carbocycles. The number of hydrogen-bond donors (Lipinski definition) is 0. The lowest BCUT2D eigenvalue weighted by Gasteiger charge is -2.01. The van der Waals surface area contributed by atoms with Crippen molar-refractivity contribution in [2.75, 3.05) is 11.5 Å². The van der Waals surface area contributed by atoms with Gasteiger partial charge in [0.25, 0.3) is 0 Å². The summed E-state index contributed by atoms with van der Waals surface area (Å²) in [5.74, 6) is 3.05. The van der Waals surface area contributed by atoms with Gasteiger partial charge in [-0.05, 0) is 12.2 Å². The van der Waals surface area contributed by atoms with E-state index in [9.17, 15) is 4.79 Å². The quantitative estimate of drug-likeness (QED) is 0.668. The molecule has 0 spiro atoms. The second-order valence-electron chi connectivity index (χ2n) is 3.55. The first-order valence-electron chi connectivity index (χ1n) is 5.29. The number of rotatable bonds is 7. The van der Waals surface area contributed by atoms with Gasteiger partial charge in [-0.3, -0.25) is 4.79 Å². The number of aryl methyl sites for hydroxylation is 2. The van der Waals surface area contributed by atoms with Gasteiger partial charge in [-0.1, -0.05) is 6.92 Å². The summed E-state index contributed by atoms with van der Waals surface area (Å²) in [6.07, 6.45) is 6.19. The van der Waals surface area contributed by atoms with E-state index >= 15 is 0 Å². The Kier molecular flexibility index (Phi) is 5.47. The zero-order valence-electron chi connectivity index (χ0n) is 9.40. The first-order chi connectivity index (χ1) is 7.24. The summed E-state index contributed by atoms with van der Waals surface area (Å²) in [6, 6.07) is 0. The molecule has 15 heavy (non-hydrogen) atoms. The Labute approximate surface area is 95.3 Å². The van der Waals surface area contributed by atoms with Gasteiger partial charge in [0, 0.05) is 32.3 Å². The summed E-state index contributed by atoms with van der Waals surface area (Å²) in [6.45, 7) is 2.13. The minimum Gasteiger partial charge on any atom is -0.338 e. The Morgan fingerprint density at radius 1 is 1.60 bits per heavy atom. The van der Waals surface area contributed by atoms with Crippen LogP contribution in [0.25, 0.3) is 0 Å². The average Bonchev–Trinajstić information content (AvgIpc) is 2.61. The maximum absolute atomic E-state index is 11.5. The van der Waals surface area contributed by atoms with Gasteiger partial charge in [0.15, 0.2) is 0 Å². The van der Waals surface area contributed by atoms with Crippen LogP contribution in [-0.2, 0) is 18.3 Å². The van der Waals surface area contributed by atoms with Gasteiger partial charge in [0.05, 0.1) is 5.75 Å². The first-order valence-corrected chi connectivity index (χ1v) is 6.45. The molecular formula is C11H18N2OS. The minimum absolute atomic E-state index is 0.330. The van der Waals surface area contributed by atoms with Gasteiger partial charge >= 0.3 is 0 Å². The molecule has 0 bridgehead atoms. The molecule has 84 valence electrons. The number of imidazole rings is 1. The van der Waals surface area contributed by atoms with Gasteiger partial charge in [-0.2, -0.15) is 11.8 Å². The molecule has 0 atom stereocenters. The zero-order valence-corrected chi connectivity index (χ0v) is 10.2. The third-order valence-corrected chi connectivity index (χ3v) is 3.38. The molecule has 0 saturated carbocycles. The average molecular weight is 226 g/mol. The highest BCUT2D eigenvalue weighted by molar-refractivity contribution is 7.99. The Bertz CT molecular complexity index is 309. The van der Waals surface area contributed by atoms with Crippen LogP contribution in [0.3, 0.4) is 0 Å².